The van der Waals surface area contributed by atoms with E-state index >= 15 is 0 Å². The molecule has 192 valence electrons. The number of aromatic nitrogens is 1. The third-order valence-electron chi connectivity index (χ3n) is 7.33. The average Bonchev–Trinajstić information content (AvgIpc) is 3.20. The van der Waals surface area contributed by atoms with Crippen molar-refractivity contribution in [2.45, 2.75) is 85.1 Å². The SMILES string of the molecule is CCOC1=N[C@H](Cc2[nH]c3ccc([N+](=O)[O-])cc3c2[Si](CC)(CC)CC)C(OCC)=N[C@H]1C(C)C. The third-order valence-corrected chi connectivity index (χ3v) is 13.0. The lowest BCUT2D eigenvalue weighted by molar-refractivity contribution is -0.384. The van der Waals surface area contributed by atoms with Gasteiger partial charge in [0.1, 0.15) is 12.1 Å². The molecule has 0 amide bonds. The predicted molar refractivity (Wildman–Crippen MR) is 146 cm³/mol. The Bertz CT molecular complexity index is 1100. The zero-order chi connectivity index (χ0) is 25.8. The molecule has 1 aromatic heterocycles. The van der Waals surface area contributed by atoms with E-state index in [0.717, 1.165) is 34.7 Å². The van der Waals surface area contributed by atoms with Crippen molar-refractivity contribution in [3.05, 3.63) is 34.0 Å². The molecular formula is C26H40N4O4Si. The number of aromatic amines is 1. The summed E-state index contributed by atoms with van der Waals surface area (Å²) >= 11 is 0. The number of aliphatic imine (C=N–C) groups is 2. The number of rotatable bonds is 10. The van der Waals surface area contributed by atoms with Crippen molar-refractivity contribution in [2.75, 3.05) is 13.2 Å². The van der Waals surface area contributed by atoms with E-state index in [1.807, 2.05) is 19.9 Å². The lowest BCUT2D eigenvalue weighted by Gasteiger charge is -2.31. The highest BCUT2D eigenvalue weighted by molar-refractivity contribution is 6.93. The molecule has 2 atom stereocenters. The van der Waals surface area contributed by atoms with Gasteiger partial charge in [-0.25, -0.2) is 9.98 Å². The number of hydrogen-bond donors (Lipinski definition) is 1. The maximum absolute atomic E-state index is 11.6. The van der Waals surface area contributed by atoms with Gasteiger partial charge in [-0.05, 0) is 31.0 Å². The lowest BCUT2D eigenvalue weighted by atomic mass is 10.0. The summed E-state index contributed by atoms with van der Waals surface area (Å²) in [4.78, 5) is 24.8. The van der Waals surface area contributed by atoms with Crippen LogP contribution in [0.4, 0.5) is 5.69 Å². The van der Waals surface area contributed by atoms with Crippen molar-refractivity contribution in [1.82, 2.24) is 4.98 Å². The fourth-order valence-corrected chi connectivity index (χ4v) is 9.41. The van der Waals surface area contributed by atoms with Gasteiger partial charge in [-0.3, -0.25) is 10.1 Å². The van der Waals surface area contributed by atoms with Gasteiger partial charge in [-0.15, -0.1) is 0 Å². The minimum absolute atomic E-state index is 0.126. The Labute approximate surface area is 209 Å². The summed E-state index contributed by atoms with van der Waals surface area (Å²) < 4.78 is 11.9. The first-order valence-electron chi connectivity index (χ1n) is 12.9. The number of nitrogens with zero attached hydrogens (tertiary/aromatic N) is 3. The van der Waals surface area contributed by atoms with Crippen molar-refractivity contribution in [2.24, 2.45) is 15.9 Å². The van der Waals surface area contributed by atoms with Gasteiger partial charge >= 0.3 is 0 Å². The second-order valence-electron chi connectivity index (χ2n) is 9.52. The first-order chi connectivity index (χ1) is 16.7. The highest BCUT2D eigenvalue weighted by Gasteiger charge is 2.37. The number of H-pyrrole nitrogens is 1. The van der Waals surface area contributed by atoms with Gasteiger partial charge in [0, 0.05) is 35.2 Å². The standard InChI is InChI=1S/C26H40N4O4Si/c1-8-33-25-22(28-26(34-9-2)23(29-25)17(6)7)16-21-24(35(10-3,11-4)12-5)19-15-18(30(31)32)13-14-20(19)27-21/h13-15,17,22-23,27H,8-12,16H2,1-7H3/t22-,23+/m1/s1. The smallest absolute Gasteiger partial charge is 0.270 e. The van der Waals surface area contributed by atoms with Gasteiger partial charge in [0.2, 0.25) is 11.8 Å². The first-order valence-corrected chi connectivity index (χ1v) is 15.6. The second-order valence-corrected chi connectivity index (χ2v) is 14.7. The summed E-state index contributed by atoms with van der Waals surface area (Å²) in [7, 11) is -1.91. The van der Waals surface area contributed by atoms with Gasteiger partial charge in [0.15, 0.2) is 0 Å². The van der Waals surface area contributed by atoms with Crippen LogP contribution in [-0.2, 0) is 15.9 Å². The Morgan fingerprint density at radius 2 is 1.66 bits per heavy atom. The Morgan fingerprint density at radius 3 is 2.20 bits per heavy atom. The summed E-state index contributed by atoms with van der Waals surface area (Å²) in [6.45, 7) is 16.0. The van der Waals surface area contributed by atoms with Gasteiger partial charge in [0.25, 0.3) is 5.69 Å². The van der Waals surface area contributed by atoms with Crippen molar-refractivity contribution in [3.63, 3.8) is 0 Å². The fourth-order valence-electron chi connectivity index (χ4n) is 5.26. The fraction of sp³-hybridized carbons (Fsp3) is 0.615. The van der Waals surface area contributed by atoms with E-state index in [9.17, 15) is 10.1 Å². The van der Waals surface area contributed by atoms with Crippen molar-refractivity contribution >= 4 is 41.6 Å². The van der Waals surface area contributed by atoms with E-state index in [2.05, 4.69) is 39.6 Å². The number of nitro groups is 1. The number of hydrogen-bond acceptors (Lipinski definition) is 6. The van der Waals surface area contributed by atoms with E-state index in [0.29, 0.717) is 31.4 Å². The van der Waals surface area contributed by atoms with Gasteiger partial charge in [-0.1, -0.05) is 52.8 Å². The van der Waals surface area contributed by atoms with Crippen LogP contribution in [0.1, 0.15) is 54.2 Å². The molecule has 9 heteroatoms. The maximum atomic E-state index is 11.6. The number of non-ortho nitro benzene ring substituents is 1. The van der Waals surface area contributed by atoms with Crippen LogP contribution in [0.5, 0.6) is 0 Å². The molecule has 1 aliphatic heterocycles. The van der Waals surface area contributed by atoms with Gasteiger partial charge in [-0.2, -0.15) is 0 Å². The van der Waals surface area contributed by atoms with Gasteiger partial charge in [0.05, 0.1) is 26.2 Å². The number of fused-ring (bicyclic) bond motifs is 1. The van der Waals surface area contributed by atoms with E-state index < -0.39 is 8.07 Å². The van der Waals surface area contributed by atoms with Crippen LogP contribution < -0.4 is 5.19 Å². The summed E-state index contributed by atoms with van der Waals surface area (Å²) in [5, 5.41) is 13.8. The van der Waals surface area contributed by atoms with E-state index in [1.54, 1.807) is 12.1 Å². The monoisotopic (exact) mass is 500 g/mol. The molecule has 3 rings (SSSR count). The Kier molecular flexibility index (Phi) is 8.74. The molecule has 1 aliphatic rings. The molecule has 0 spiro atoms. The van der Waals surface area contributed by atoms with Crippen molar-refractivity contribution in [1.29, 1.82) is 0 Å². The highest BCUT2D eigenvalue weighted by Crippen LogP contribution is 2.30. The Hall–Kier alpha value is -2.68. The largest absolute Gasteiger partial charge is 0.480 e. The molecule has 0 saturated carbocycles. The van der Waals surface area contributed by atoms with Crippen LogP contribution in [0.15, 0.2) is 28.2 Å². The van der Waals surface area contributed by atoms with Crippen LogP contribution in [0.3, 0.4) is 0 Å². The number of nitro benzene ring substituents is 1. The normalized spacial score (nSPS) is 18.5. The van der Waals surface area contributed by atoms with Crippen LogP contribution in [0, 0.1) is 16.0 Å². The molecule has 0 unspecified atom stereocenters. The minimum atomic E-state index is -1.91. The molecule has 35 heavy (non-hydrogen) atoms. The summed E-state index contributed by atoms with van der Waals surface area (Å²) in [5.41, 5.74) is 2.16. The molecule has 0 aliphatic carbocycles. The Balaban J connectivity index is 2.18. The van der Waals surface area contributed by atoms with E-state index in [4.69, 9.17) is 19.5 Å². The molecule has 1 aromatic carbocycles. The van der Waals surface area contributed by atoms with E-state index in [-0.39, 0.29) is 28.6 Å². The molecule has 2 heterocycles. The van der Waals surface area contributed by atoms with Crippen molar-refractivity contribution in [3.8, 4) is 0 Å². The van der Waals surface area contributed by atoms with Gasteiger partial charge < -0.3 is 14.5 Å². The van der Waals surface area contributed by atoms with Crippen LogP contribution in [-0.4, -0.2) is 55.1 Å². The lowest BCUT2D eigenvalue weighted by Crippen LogP contribution is -2.48. The zero-order valence-electron chi connectivity index (χ0n) is 22.2. The molecule has 0 saturated heterocycles. The number of ether oxygens (including phenoxy) is 2. The molecule has 8 nitrogen and oxygen atoms in total. The maximum Gasteiger partial charge on any atom is 0.270 e. The molecule has 0 bridgehead atoms. The number of nitrogens with one attached hydrogen (secondary N) is 1. The second kappa shape index (κ2) is 11.4. The third kappa shape index (κ3) is 5.29. The first kappa shape index (κ1) is 26.9. The van der Waals surface area contributed by atoms with Crippen molar-refractivity contribution < 1.29 is 14.4 Å². The molecule has 0 radical (unpaired) electrons. The van der Waals surface area contributed by atoms with E-state index in [1.165, 1.54) is 5.19 Å². The molecule has 1 N–H and O–H groups in total. The molecular weight excluding hydrogens is 460 g/mol. The summed E-state index contributed by atoms with van der Waals surface area (Å²) in [6, 6.07) is 7.91. The van der Waals surface area contributed by atoms with Crippen LogP contribution >= 0.6 is 0 Å². The highest BCUT2D eigenvalue weighted by atomic mass is 28.3. The number of benzene rings is 1. The minimum Gasteiger partial charge on any atom is -0.480 e. The summed E-state index contributed by atoms with van der Waals surface area (Å²) in [5.74, 6) is 1.54. The zero-order valence-corrected chi connectivity index (χ0v) is 23.2. The quantitative estimate of drug-likeness (QED) is 0.260. The molecule has 2 aromatic rings. The molecule has 0 fully saturated rings. The predicted octanol–water partition coefficient (Wildman–Crippen LogP) is 5.61. The van der Waals surface area contributed by atoms with Crippen LogP contribution in [0.2, 0.25) is 18.1 Å². The van der Waals surface area contributed by atoms with Crippen LogP contribution in [0.25, 0.3) is 10.9 Å². The topological polar surface area (TPSA) is 102 Å². The Morgan fingerprint density at radius 1 is 1.03 bits per heavy atom. The average molecular weight is 501 g/mol. The summed E-state index contributed by atoms with van der Waals surface area (Å²) in [6.07, 6.45) is 0.590.